The largest absolute Gasteiger partial charge is 0.367 e. The molecule has 1 saturated heterocycles. The Labute approximate surface area is 116 Å². The van der Waals surface area contributed by atoms with Gasteiger partial charge in [-0.25, -0.2) is 0 Å². The molecule has 1 fully saturated rings. The van der Waals surface area contributed by atoms with Gasteiger partial charge in [-0.2, -0.15) is 0 Å². The smallest absolute Gasteiger partial charge is 0.168 e. The van der Waals surface area contributed by atoms with Crippen molar-refractivity contribution in [3.05, 3.63) is 35.4 Å². The van der Waals surface area contributed by atoms with Gasteiger partial charge in [-0.3, -0.25) is 4.79 Å². The van der Waals surface area contributed by atoms with Gasteiger partial charge >= 0.3 is 0 Å². The van der Waals surface area contributed by atoms with Gasteiger partial charge in [0.25, 0.3) is 0 Å². The zero-order valence-corrected chi connectivity index (χ0v) is 12.5. The molecule has 0 aliphatic carbocycles. The van der Waals surface area contributed by atoms with Gasteiger partial charge in [-0.1, -0.05) is 45.0 Å². The Kier molecular flexibility index (Phi) is 3.82. The summed E-state index contributed by atoms with van der Waals surface area (Å²) in [6.07, 6.45) is 2.32. The lowest BCUT2D eigenvalue weighted by Gasteiger charge is -2.22. The van der Waals surface area contributed by atoms with Crippen LogP contribution in [0.2, 0.25) is 0 Å². The molecule has 1 atom stereocenters. The normalized spacial score (nSPS) is 23.6. The zero-order chi connectivity index (χ0) is 14.1. The van der Waals surface area contributed by atoms with Crippen molar-refractivity contribution < 1.29 is 9.53 Å². The van der Waals surface area contributed by atoms with Crippen molar-refractivity contribution in [2.75, 3.05) is 6.61 Å². The number of Topliss-reactive ketones (excluding diaryl/α,β-unsaturated/α-hetero) is 1. The standard InChI is InChI=1S/C17H24O2/c1-16(2,3)14-8-6-13(7-9-14)12-15(18)17(4)10-5-11-19-17/h6-9H,5,10-12H2,1-4H3. The Morgan fingerprint density at radius 3 is 2.37 bits per heavy atom. The molecule has 2 heteroatoms. The second-order valence-corrected chi connectivity index (χ2v) is 6.73. The molecule has 104 valence electrons. The maximum absolute atomic E-state index is 12.3. The first-order chi connectivity index (χ1) is 8.81. The second-order valence-electron chi connectivity index (χ2n) is 6.73. The lowest BCUT2D eigenvalue weighted by atomic mass is 9.86. The van der Waals surface area contributed by atoms with Gasteiger partial charge in [0, 0.05) is 13.0 Å². The van der Waals surface area contributed by atoms with Crippen LogP contribution in [0.15, 0.2) is 24.3 Å². The van der Waals surface area contributed by atoms with E-state index in [0.29, 0.717) is 13.0 Å². The Balaban J connectivity index is 2.06. The van der Waals surface area contributed by atoms with Crippen molar-refractivity contribution in [2.24, 2.45) is 0 Å². The van der Waals surface area contributed by atoms with Crippen molar-refractivity contribution in [2.45, 2.75) is 58.0 Å². The summed E-state index contributed by atoms with van der Waals surface area (Å²) in [6.45, 7) is 9.22. The number of benzene rings is 1. The summed E-state index contributed by atoms with van der Waals surface area (Å²) in [5.74, 6) is 0.202. The van der Waals surface area contributed by atoms with E-state index in [-0.39, 0.29) is 11.2 Å². The first-order valence-corrected chi connectivity index (χ1v) is 7.08. The van der Waals surface area contributed by atoms with E-state index >= 15 is 0 Å². The average Bonchev–Trinajstić information content (AvgIpc) is 2.77. The number of hydrogen-bond donors (Lipinski definition) is 0. The Hall–Kier alpha value is -1.15. The van der Waals surface area contributed by atoms with Gasteiger partial charge in [0.1, 0.15) is 5.60 Å². The lowest BCUT2D eigenvalue weighted by molar-refractivity contribution is -0.136. The van der Waals surface area contributed by atoms with E-state index in [1.54, 1.807) is 0 Å². The van der Waals surface area contributed by atoms with Crippen LogP contribution >= 0.6 is 0 Å². The fourth-order valence-corrected chi connectivity index (χ4v) is 2.49. The SMILES string of the molecule is CC1(C(=O)Cc2ccc(C(C)(C)C)cc2)CCCO1. The molecule has 2 rings (SSSR count). The van der Waals surface area contributed by atoms with Crippen LogP contribution in [0.4, 0.5) is 0 Å². The second kappa shape index (κ2) is 5.09. The van der Waals surface area contributed by atoms with Crippen molar-refractivity contribution in [1.29, 1.82) is 0 Å². The van der Waals surface area contributed by atoms with Gasteiger partial charge in [0.15, 0.2) is 5.78 Å². The third kappa shape index (κ3) is 3.24. The molecule has 0 radical (unpaired) electrons. The van der Waals surface area contributed by atoms with E-state index in [1.165, 1.54) is 5.56 Å². The summed E-state index contributed by atoms with van der Waals surface area (Å²) in [5.41, 5.74) is 1.98. The van der Waals surface area contributed by atoms with E-state index in [2.05, 4.69) is 45.0 Å². The van der Waals surface area contributed by atoms with Crippen LogP contribution in [-0.4, -0.2) is 18.0 Å². The molecule has 0 bridgehead atoms. The van der Waals surface area contributed by atoms with Crippen molar-refractivity contribution in [1.82, 2.24) is 0 Å². The maximum Gasteiger partial charge on any atom is 0.168 e. The quantitative estimate of drug-likeness (QED) is 0.829. The molecule has 2 nitrogen and oxygen atoms in total. The van der Waals surface area contributed by atoms with Crippen molar-refractivity contribution >= 4 is 5.78 Å². The summed E-state index contributed by atoms with van der Waals surface area (Å²) in [7, 11) is 0. The minimum Gasteiger partial charge on any atom is -0.367 e. The summed E-state index contributed by atoms with van der Waals surface area (Å²) in [5, 5.41) is 0. The Morgan fingerprint density at radius 2 is 1.89 bits per heavy atom. The van der Waals surface area contributed by atoms with E-state index in [1.807, 2.05) is 6.92 Å². The zero-order valence-electron chi connectivity index (χ0n) is 12.5. The molecule has 1 aromatic rings. The van der Waals surface area contributed by atoms with Crippen LogP contribution in [-0.2, 0) is 21.4 Å². The molecule has 1 unspecified atom stereocenters. The number of carbonyl (C=O) groups excluding carboxylic acids is 1. The fraction of sp³-hybridized carbons (Fsp3) is 0.588. The summed E-state index contributed by atoms with van der Waals surface area (Å²) in [6, 6.07) is 8.38. The molecule has 0 N–H and O–H groups in total. The topological polar surface area (TPSA) is 26.3 Å². The van der Waals surface area contributed by atoms with E-state index < -0.39 is 5.60 Å². The first kappa shape index (κ1) is 14.3. The van der Waals surface area contributed by atoms with Gasteiger partial charge < -0.3 is 4.74 Å². The van der Waals surface area contributed by atoms with Gasteiger partial charge in [-0.05, 0) is 36.3 Å². The number of rotatable bonds is 3. The highest BCUT2D eigenvalue weighted by atomic mass is 16.5. The monoisotopic (exact) mass is 260 g/mol. The molecular formula is C17H24O2. The van der Waals surface area contributed by atoms with Crippen LogP contribution in [0, 0.1) is 0 Å². The Bertz CT molecular complexity index is 445. The molecule has 1 aliphatic rings. The molecule has 0 spiro atoms. The summed E-state index contributed by atoms with van der Waals surface area (Å²) < 4.78 is 5.60. The number of carbonyl (C=O) groups is 1. The highest BCUT2D eigenvalue weighted by Gasteiger charge is 2.36. The summed E-state index contributed by atoms with van der Waals surface area (Å²) in [4.78, 5) is 12.3. The fourth-order valence-electron chi connectivity index (χ4n) is 2.49. The predicted octanol–water partition coefficient (Wildman–Crippen LogP) is 3.66. The Morgan fingerprint density at radius 1 is 1.26 bits per heavy atom. The average molecular weight is 260 g/mol. The molecule has 0 aromatic heterocycles. The van der Waals surface area contributed by atoms with Crippen LogP contribution in [0.3, 0.4) is 0 Å². The predicted molar refractivity (Wildman–Crippen MR) is 77.4 cm³/mol. The van der Waals surface area contributed by atoms with Gasteiger partial charge in [0.05, 0.1) is 0 Å². The van der Waals surface area contributed by atoms with Crippen LogP contribution in [0.25, 0.3) is 0 Å². The molecule has 1 aliphatic heterocycles. The first-order valence-electron chi connectivity index (χ1n) is 7.08. The maximum atomic E-state index is 12.3. The molecule has 0 amide bonds. The van der Waals surface area contributed by atoms with Crippen LogP contribution in [0.1, 0.15) is 51.7 Å². The third-order valence-electron chi connectivity index (χ3n) is 3.99. The number of ether oxygens (including phenoxy) is 1. The van der Waals surface area contributed by atoms with Crippen LogP contribution in [0.5, 0.6) is 0 Å². The minimum absolute atomic E-state index is 0.156. The molecule has 0 saturated carbocycles. The van der Waals surface area contributed by atoms with Crippen molar-refractivity contribution in [3.8, 4) is 0 Å². The highest BCUT2D eigenvalue weighted by Crippen LogP contribution is 2.28. The van der Waals surface area contributed by atoms with E-state index in [4.69, 9.17) is 4.74 Å². The lowest BCUT2D eigenvalue weighted by Crippen LogP contribution is -2.35. The molecule has 1 aromatic carbocycles. The van der Waals surface area contributed by atoms with Gasteiger partial charge in [-0.15, -0.1) is 0 Å². The van der Waals surface area contributed by atoms with E-state index in [9.17, 15) is 4.79 Å². The third-order valence-corrected chi connectivity index (χ3v) is 3.99. The molecule has 1 heterocycles. The van der Waals surface area contributed by atoms with Crippen molar-refractivity contribution in [3.63, 3.8) is 0 Å². The van der Waals surface area contributed by atoms with Gasteiger partial charge in [0.2, 0.25) is 0 Å². The highest BCUT2D eigenvalue weighted by molar-refractivity contribution is 5.89. The molecular weight excluding hydrogens is 236 g/mol. The molecule has 19 heavy (non-hydrogen) atoms. The number of ketones is 1. The van der Waals surface area contributed by atoms with E-state index in [0.717, 1.165) is 18.4 Å². The van der Waals surface area contributed by atoms with Crippen LogP contribution < -0.4 is 0 Å². The summed E-state index contributed by atoms with van der Waals surface area (Å²) >= 11 is 0. The minimum atomic E-state index is -0.553. The number of hydrogen-bond acceptors (Lipinski definition) is 2.